The Morgan fingerprint density at radius 3 is 2.60 bits per heavy atom. The fourth-order valence-corrected chi connectivity index (χ4v) is 1.61. The van der Waals surface area contributed by atoms with Crippen molar-refractivity contribution in [2.75, 3.05) is 0 Å². The molecule has 1 aliphatic heterocycles. The van der Waals surface area contributed by atoms with Crippen LogP contribution in [-0.2, 0) is 16.0 Å². The van der Waals surface area contributed by atoms with Gasteiger partial charge >= 0.3 is 0 Å². The van der Waals surface area contributed by atoms with Crippen LogP contribution in [0.1, 0.15) is 12.5 Å². The summed E-state index contributed by atoms with van der Waals surface area (Å²) in [6, 6.07) is 9.60. The summed E-state index contributed by atoms with van der Waals surface area (Å²) in [5.41, 5.74) is 5.45. The summed E-state index contributed by atoms with van der Waals surface area (Å²) in [5.74, 6) is -0.316. The molecule has 0 bridgehead atoms. The number of hydrogen-bond donors (Lipinski definition) is 1. The Labute approximate surface area is 87.8 Å². The lowest BCUT2D eigenvalue weighted by Crippen LogP contribution is -2.37. The molecule has 0 aliphatic carbocycles. The summed E-state index contributed by atoms with van der Waals surface area (Å²) in [4.78, 5) is 15.1. The topological polar surface area (TPSA) is 64.7 Å². The van der Waals surface area contributed by atoms with Gasteiger partial charge in [0.25, 0.3) is 11.9 Å². The summed E-state index contributed by atoms with van der Waals surface area (Å²) >= 11 is 0. The van der Waals surface area contributed by atoms with E-state index in [4.69, 9.17) is 10.5 Å². The molecule has 1 aliphatic rings. The Morgan fingerprint density at radius 1 is 1.40 bits per heavy atom. The Hall–Kier alpha value is -1.84. The molecule has 0 radical (unpaired) electrons. The lowest BCUT2D eigenvalue weighted by atomic mass is 9.96. The third-order valence-electron chi connectivity index (χ3n) is 2.38. The van der Waals surface area contributed by atoms with Gasteiger partial charge in [0.1, 0.15) is 0 Å². The van der Waals surface area contributed by atoms with E-state index >= 15 is 0 Å². The van der Waals surface area contributed by atoms with Crippen LogP contribution in [0.25, 0.3) is 0 Å². The van der Waals surface area contributed by atoms with Crippen LogP contribution in [0.2, 0.25) is 0 Å². The molecular formula is C11H12N2O2. The lowest BCUT2D eigenvalue weighted by molar-refractivity contribution is -0.129. The standard InChI is InChI=1S/C11H12N2O2/c1-11(9(14)13-10(12)15-11)7-8-5-3-2-4-6-8/h2-6H,7H2,1H3,(H2,12,13,14). The fourth-order valence-electron chi connectivity index (χ4n) is 1.61. The van der Waals surface area contributed by atoms with Crippen LogP contribution in [0.4, 0.5) is 0 Å². The lowest BCUT2D eigenvalue weighted by Gasteiger charge is -2.20. The maximum Gasteiger partial charge on any atom is 0.294 e. The van der Waals surface area contributed by atoms with Gasteiger partial charge in [-0.1, -0.05) is 30.3 Å². The number of carbonyl (C=O) groups is 1. The second-order valence-electron chi connectivity index (χ2n) is 3.75. The highest BCUT2D eigenvalue weighted by Gasteiger charge is 2.41. The van der Waals surface area contributed by atoms with Crippen molar-refractivity contribution in [1.82, 2.24) is 0 Å². The summed E-state index contributed by atoms with van der Waals surface area (Å²) < 4.78 is 5.24. The average molecular weight is 204 g/mol. The van der Waals surface area contributed by atoms with Crippen molar-refractivity contribution in [2.24, 2.45) is 10.7 Å². The first kappa shape index (κ1) is 9.71. The number of ether oxygens (including phenoxy) is 1. The molecule has 0 fully saturated rings. The molecule has 2 rings (SSSR count). The summed E-state index contributed by atoms with van der Waals surface area (Å²) in [5, 5.41) is 0. The van der Waals surface area contributed by atoms with Crippen molar-refractivity contribution < 1.29 is 9.53 Å². The molecule has 1 aromatic rings. The minimum Gasteiger partial charge on any atom is -0.448 e. The normalized spacial score (nSPS) is 24.9. The van der Waals surface area contributed by atoms with Gasteiger partial charge in [-0.2, -0.15) is 4.99 Å². The number of amides is 1. The van der Waals surface area contributed by atoms with Gasteiger partial charge < -0.3 is 10.5 Å². The number of benzene rings is 1. The minimum atomic E-state index is -0.939. The highest BCUT2D eigenvalue weighted by molar-refractivity contribution is 6.00. The molecule has 4 nitrogen and oxygen atoms in total. The molecule has 0 saturated heterocycles. The van der Waals surface area contributed by atoms with E-state index in [1.165, 1.54) is 0 Å². The van der Waals surface area contributed by atoms with Crippen molar-refractivity contribution in [3.63, 3.8) is 0 Å². The first-order chi connectivity index (χ1) is 7.10. The zero-order valence-corrected chi connectivity index (χ0v) is 8.43. The number of carbonyl (C=O) groups excluding carboxylic acids is 1. The van der Waals surface area contributed by atoms with Crippen molar-refractivity contribution >= 4 is 11.9 Å². The smallest absolute Gasteiger partial charge is 0.294 e. The van der Waals surface area contributed by atoms with Crippen LogP contribution in [0.15, 0.2) is 35.3 Å². The van der Waals surface area contributed by atoms with E-state index in [1.54, 1.807) is 6.92 Å². The third kappa shape index (κ3) is 1.83. The fraction of sp³-hybridized carbons (Fsp3) is 0.273. The third-order valence-corrected chi connectivity index (χ3v) is 2.38. The number of hydrogen-bond acceptors (Lipinski definition) is 3. The first-order valence-corrected chi connectivity index (χ1v) is 4.72. The predicted molar refractivity (Wildman–Crippen MR) is 56.3 cm³/mol. The van der Waals surface area contributed by atoms with E-state index in [2.05, 4.69) is 4.99 Å². The van der Waals surface area contributed by atoms with Gasteiger partial charge in [0.15, 0.2) is 5.60 Å². The maximum atomic E-state index is 11.5. The molecule has 0 spiro atoms. The Kier molecular flexibility index (Phi) is 2.19. The van der Waals surface area contributed by atoms with E-state index < -0.39 is 5.60 Å². The van der Waals surface area contributed by atoms with Crippen molar-refractivity contribution in [2.45, 2.75) is 18.9 Å². The molecule has 1 aromatic carbocycles. The highest BCUT2D eigenvalue weighted by atomic mass is 16.5. The van der Waals surface area contributed by atoms with Gasteiger partial charge in [0.2, 0.25) is 0 Å². The largest absolute Gasteiger partial charge is 0.448 e. The van der Waals surface area contributed by atoms with E-state index in [1.807, 2.05) is 30.3 Å². The van der Waals surface area contributed by atoms with Crippen LogP contribution in [-0.4, -0.2) is 17.5 Å². The quantitative estimate of drug-likeness (QED) is 0.777. The zero-order chi connectivity index (χ0) is 10.9. The van der Waals surface area contributed by atoms with Gasteiger partial charge in [-0.3, -0.25) is 4.79 Å². The maximum absolute atomic E-state index is 11.5. The van der Waals surface area contributed by atoms with Gasteiger partial charge in [-0.15, -0.1) is 0 Å². The predicted octanol–water partition coefficient (Wildman–Crippen LogP) is 0.859. The molecule has 1 unspecified atom stereocenters. The van der Waals surface area contributed by atoms with E-state index in [0.29, 0.717) is 6.42 Å². The number of amidine groups is 1. The second-order valence-corrected chi connectivity index (χ2v) is 3.75. The molecule has 0 saturated carbocycles. The van der Waals surface area contributed by atoms with Crippen molar-refractivity contribution in [3.05, 3.63) is 35.9 Å². The molecule has 1 atom stereocenters. The highest BCUT2D eigenvalue weighted by Crippen LogP contribution is 2.23. The van der Waals surface area contributed by atoms with Crippen LogP contribution in [0, 0.1) is 0 Å². The summed E-state index contributed by atoms with van der Waals surface area (Å²) in [6.07, 6.45) is 0.483. The average Bonchev–Trinajstić information content (AvgIpc) is 2.41. The molecule has 0 aromatic heterocycles. The molecule has 1 amide bonds. The number of nitrogens with two attached hydrogens (primary N) is 1. The van der Waals surface area contributed by atoms with E-state index in [0.717, 1.165) is 5.56 Å². The molecule has 15 heavy (non-hydrogen) atoms. The SMILES string of the molecule is CC1(Cc2ccccc2)OC(N)=NC1=O. The van der Waals surface area contributed by atoms with Gasteiger partial charge in [-0.05, 0) is 12.5 Å². The van der Waals surface area contributed by atoms with Crippen LogP contribution >= 0.6 is 0 Å². The Balaban J connectivity index is 2.17. The number of nitrogens with zero attached hydrogens (tertiary/aromatic N) is 1. The molecule has 2 N–H and O–H groups in total. The molecule has 1 heterocycles. The van der Waals surface area contributed by atoms with Crippen LogP contribution in [0.3, 0.4) is 0 Å². The number of rotatable bonds is 2. The van der Waals surface area contributed by atoms with E-state index in [9.17, 15) is 4.79 Å². The monoisotopic (exact) mass is 204 g/mol. The summed E-state index contributed by atoms with van der Waals surface area (Å²) in [7, 11) is 0. The van der Waals surface area contributed by atoms with Crippen LogP contribution < -0.4 is 5.73 Å². The Bertz CT molecular complexity index is 414. The van der Waals surface area contributed by atoms with Gasteiger partial charge in [-0.25, -0.2) is 0 Å². The minimum absolute atomic E-state index is 0.0431. The number of aliphatic imine (C=N–C) groups is 1. The summed E-state index contributed by atoms with van der Waals surface area (Å²) in [6.45, 7) is 1.70. The Morgan fingerprint density at radius 2 is 2.07 bits per heavy atom. The first-order valence-electron chi connectivity index (χ1n) is 4.72. The molecule has 4 heteroatoms. The van der Waals surface area contributed by atoms with Gasteiger partial charge in [0, 0.05) is 6.42 Å². The molecular weight excluding hydrogens is 192 g/mol. The van der Waals surface area contributed by atoms with E-state index in [-0.39, 0.29) is 11.9 Å². The van der Waals surface area contributed by atoms with Crippen molar-refractivity contribution in [1.29, 1.82) is 0 Å². The molecule has 78 valence electrons. The van der Waals surface area contributed by atoms with Crippen molar-refractivity contribution in [3.8, 4) is 0 Å². The van der Waals surface area contributed by atoms with Gasteiger partial charge in [0.05, 0.1) is 0 Å². The zero-order valence-electron chi connectivity index (χ0n) is 8.43. The van der Waals surface area contributed by atoms with Crippen LogP contribution in [0.5, 0.6) is 0 Å². The second kappa shape index (κ2) is 3.38.